The maximum Gasteiger partial charge on any atom is 0.123 e. The van der Waals surface area contributed by atoms with E-state index >= 15 is 0 Å². The Morgan fingerprint density at radius 1 is 1.33 bits per heavy atom. The Labute approximate surface area is 110 Å². The first-order valence-electron chi connectivity index (χ1n) is 6.47. The van der Waals surface area contributed by atoms with Gasteiger partial charge in [0.15, 0.2) is 0 Å². The lowest BCUT2D eigenvalue weighted by molar-refractivity contribution is -0.0147. The number of hydrogen-bond donors (Lipinski definition) is 1. The quantitative estimate of drug-likeness (QED) is 0.865. The van der Waals surface area contributed by atoms with Gasteiger partial charge in [-0.25, -0.2) is 4.39 Å². The Balaban J connectivity index is 2.86. The minimum atomic E-state index is -0.200. The number of nitrogens with one attached hydrogen (secondary N) is 1. The van der Waals surface area contributed by atoms with Gasteiger partial charge in [-0.2, -0.15) is 0 Å². The van der Waals surface area contributed by atoms with Crippen molar-refractivity contribution < 1.29 is 9.13 Å². The van der Waals surface area contributed by atoms with E-state index in [1.54, 1.807) is 6.07 Å². The van der Waals surface area contributed by atoms with E-state index in [9.17, 15) is 4.39 Å². The zero-order valence-electron chi connectivity index (χ0n) is 12.0. The summed E-state index contributed by atoms with van der Waals surface area (Å²) in [6.45, 7) is 11.5. The number of ether oxygens (including phenoxy) is 1. The zero-order valence-corrected chi connectivity index (χ0v) is 12.0. The maximum absolute atomic E-state index is 13.4. The van der Waals surface area contributed by atoms with E-state index in [4.69, 9.17) is 4.74 Å². The van der Waals surface area contributed by atoms with E-state index in [2.05, 4.69) is 5.32 Å². The molecule has 2 nitrogen and oxygen atoms in total. The average molecular weight is 253 g/mol. The van der Waals surface area contributed by atoms with Gasteiger partial charge in [0.1, 0.15) is 5.82 Å². The SMILES string of the molecule is CCNC(COC(C)(C)C)c1cc(F)ccc1C. The predicted octanol–water partition coefficient (Wildman–Crippen LogP) is 3.60. The second-order valence-corrected chi connectivity index (χ2v) is 5.53. The smallest absolute Gasteiger partial charge is 0.123 e. The van der Waals surface area contributed by atoms with Crippen molar-refractivity contribution in [2.75, 3.05) is 13.2 Å². The topological polar surface area (TPSA) is 21.3 Å². The molecule has 0 amide bonds. The molecule has 0 radical (unpaired) electrons. The Morgan fingerprint density at radius 2 is 2.00 bits per heavy atom. The molecule has 1 rings (SSSR count). The molecule has 102 valence electrons. The van der Waals surface area contributed by atoms with Crippen molar-refractivity contribution in [3.63, 3.8) is 0 Å². The van der Waals surface area contributed by atoms with Gasteiger partial charge >= 0.3 is 0 Å². The lowest BCUT2D eigenvalue weighted by atomic mass is 10.0. The second kappa shape index (κ2) is 6.30. The van der Waals surface area contributed by atoms with Crippen LogP contribution in [0.25, 0.3) is 0 Å². The third kappa shape index (κ3) is 4.75. The Hall–Kier alpha value is -0.930. The fraction of sp³-hybridized carbons (Fsp3) is 0.600. The maximum atomic E-state index is 13.4. The molecule has 0 aliphatic carbocycles. The average Bonchev–Trinajstić information content (AvgIpc) is 2.26. The van der Waals surface area contributed by atoms with Crippen LogP contribution >= 0.6 is 0 Å². The van der Waals surface area contributed by atoms with E-state index in [0.717, 1.165) is 17.7 Å². The molecule has 1 unspecified atom stereocenters. The van der Waals surface area contributed by atoms with Crippen molar-refractivity contribution >= 4 is 0 Å². The minimum absolute atomic E-state index is 0.0323. The van der Waals surface area contributed by atoms with Crippen LogP contribution in [0.3, 0.4) is 0 Å². The van der Waals surface area contributed by atoms with E-state index < -0.39 is 0 Å². The van der Waals surface area contributed by atoms with Crippen molar-refractivity contribution in [3.8, 4) is 0 Å². The highest BCUT2D eigenvalue weighted by atomic mass is 19.1. The van der Waals surface area contributed by atoms with E-state index in [1.807, 2.05) is 40.7 Å². The van der Waals surface area contributed by atoms with Gasteiger partial charge < -0.3 is 10.1 Å². The van der Waals surface area contributed by atoms with Gasteiger partial charge in [-0.3, -0.25) is 0 Å². The van der Waals surface area contributed by atoms with Crippen molar-refractivity contribution in [2.24, 2.45) is 0 Å². The molecule has 1 aromatic rings. The first kappa shape index (κ1) is 15.1. The summed E-state index contributed by atoms with van der Waals surface area (Å²) in [5.74, 6) is -0.200. The lowest BCUT2D eigenvalue weighted by Crippen LogP contribution is -2.30. The number of likely N-dealkylation sites (N-methyl/N-ethyl adjacent to an activating group) is 1. The first-order valence-corrected chi connectivity index (χ1v) is 6.47. The number of benzene rings is 1. The fourth-order valence-corrected chi connectivity index (χ4v) is 1.83. The summed E-state index contributed by atoms with van der Waals surface area (Å²) in [4.78, 5) is 0. The summed E-state index contributed by atoms with van der Waals surface area (Å²) in [6, 6.07) is 4.93. The van der Waals surface area contributed by atoms with Crippen LogP contribution in [0.2, 0.25) is 0 Å². The van der Waals surface area contributed by atoms with Crippen molar-refractivity contribution in [3.05, 3.63) is 35.1 Å². The number of halogens is 1. The summed E-state index contributed by atoms with van der Waals surface area (Å²) >= 11 is 0. The van der Waals surface area contributed by atoms with Crippen LogP contribution in [-0.4, -0.2) is 18.8 Å². The highest BCUT2D eigenvalue weighted by Gasteiger charge is 2.18. The van der Waals surface area contributed by atoms with Crippen molar-refractivity contribution in [1.82, 2.24) is 5.32 Å². The molecule has 0 aliphatic heterocycles. The molecular formula is C15H24FNO. The number of rotatable bonds is 5. The molecule has 18 heavy (non-hydrogen) atoms. The second-order valence-electron chi connectivity index (χ2n) is 5.53. The summed E-state index contributed by atoms with van der Waals surface area (Å²) in [5.41, 5.74) is 1.87. The summed E-state index contributed by atoms with van der Waals surface area (Å²) in [7, 11) is 0. The fourth-order valence-electron chi connectivity index (χ4n) is 1.83. The van der Waals surface area contributed by atoms with E-state index in [1.165, 1.54) is 6.07 Å². The van der Waals surface area contributed by atoms with Crippen LogP contribution in [0, 0.1) is 12.7 Å². The summed E-state index contributed by atoms with van der Waals surface area (Å²) < 4.78 is 19.2. The normalized spacial score (nSPS) is 13.7. The predicted molar refractivity (Wildman–Crippen MR) is 73.3 cm³/mol. The number of hydrogen-bond acceptors (Lipinski definition) is 2. The number of aryl methyl sites for hydroxylation is 1. The summed E-state index contributed by atoms with van der Waals surface area (Å²) in [5, 5.41) is 3.35. The van der Waals surface area contributed by atoms with Crippen LogP contribution in [0.4, 0.5) is 4.39 Å². The van der Waals surface area contributed by atoms with Gasteiger partial charge in [0.05, 0.1) is 18.2 Å². The molecular weight excluding hydrogens is 229 g/mol. The third-order valence-electron chi connectivity index (χ3n) is 2.75. The molecule has 0 saturated heterocycles. The summed E-state index contributed by atoms with van der Waals surface area (Å²) in [6.07, 6.45) is 0. The highest BCUT2D eigenvalue weighted by Crippen LogP contribution is 2.21. The van der Waals surface area contributed by atoms with Gasteiger partial charge in [-0.05, 0) is 57.5 Å². The largest absolute Gasteiger partial charge is 0.374 e. The molecule has 0 heterocycles. The molecule has 0 saturated carbocycles. The van der Waals surface area contributed by atoms with Crippen LogP contribution in [0.5, 0.6) is 0 Å². The monoisotopic (exact) mass is 253 g/mol. The standard InChI is InChI=1S/C15H24FNO/c1-6-17-14(10-18-15(3,4)5)13-9-12(16)8-7-11(13)2/h7-9,14,17H,6,10H2,1-5H3. The Morgan fingerprint density at radius 3 is 2.56 bits per heavy atom. The molecule has 0 spiro atoms. The van der Waals surface area contributed by atoms with Crippen LogP contribution < -0.4 is 5.32 Å². The van der Waals surface area contributed by atoms with Gasteiger partial charge in [0.25, 0.3) is 0 Å². The molecule has 1 N–H and O–H groups in total. The van der Waals surface area contributed by atoms with Gasteiger partial charge in [0, 0.05) is 0 Å². The Kier molecular flexibility index (Phi) is 5.29. The Bertz CT molecular complexity index is 385. The van der Waals surface area contributed by atoms with E-state index in [0.29, 0.717) is 6.61 Å². The molecule has 3 heteroatoms. The van der Waals surface area contributed by atoms with Crippen LogP contribution in [0.1, 0.15) is 44.9 Å². The van der Waals surface area contributed by atoms with Crippen LogP contribution in [-0.2, 0) is 4.74 Å². The lowest BCUT2D eigenvalue weighted by Gasteiger charge is -2.26. The zero-order chi connectivity index (χ0) is 13.8. The van der Waals surface area contributed by atoms with Crippen LogP contribution in [0.15, 0.2) is 18.2 Å². The molecule has 0 aliphatic rings. The van der Waals surface area contributed by atoms with E-state index in [-0.39, 0.29) is 17.5 Å². The van der Waals surface area contributed by atoms with Crippen molar-refractivity contribution in [1.29, 1.82) is 0 Å². The molecule has 1 atom stereocenters. The van der Waals surface area contributed by atoms with Gasteiger partial charge in [0.2, 0.25) is 0 Å². The molecule has 1 aromatic carbocycles. The third-order valence-corrected chi connectivity index (χ3v) is 2.75. The molecule has 0 fully saturated rings. The van der Waals surface area contributed by atoms with Gasteiger partial charge in [-0.1, -0.05) is 13.0 Å². The minimum Gasteiger partial charge on any atom is -0.374 e. The molecule has 0 aromatic heterocycles. The van der Waals surface area contributed by atoms with Crippen molar-refractivity contribution in [2.45, 2.75) is 46.3 Å². The van der Waals surface area contributed by atoms with Gasteiger partial charge in [-0.15, -0.1) is 0 Å². The highest BCUT2D eigenvalue weighted by molar-refractivity contribution is 5.29. The first-order chi connectivity index (χ1) is 8.33. The molecule has 0 bridgehead atoms.